The van der Waals surface area contributed by atoms with Crippen molar-refractivity contribution >= 4 is 17.9 Å². The number of piperidine rings is 4. The molecule has 4 rings (SSSR count). The Hall–Kier alpha value is -1.79. The van der Waals surface area contributed by atoms with Gasteiger partial charge >= 0.3 is 12.0 Å². The molecule has 0 saturated carbocycles. The summed E-state index contributed by atoms with van der Waals surface area (Å²) < 4.78 is 0. The minimum absolute atomic E-state index is 0.0640. The van der Waals surface area contributed by atoms with Crippen molar-refractivity contribution in [3.63, 3.8) is 0 Å². The average Bonchev–Trinajstić information content (AvgIpc) is 2.62. The molecule has 4 fully saturated rings. The number of hydrogen-bond donors (Lipinski definition) is 1. The number of hydrogen-bond acceptors (Lipinski definition) is 3. The van der Waals surface area contributed by atoms with Crippen molar-refractivity contribution in [3.05, 3.63) is 0 Å². The van der Waals surface area contributed by atoms with Crippen LogP contribution in [-0.2, 0) is 9.59 Å². The zero-order chi connectivity index (χ0) is 17.6. The summed E-state index contributed by atoms with van der Waals surface area (Å²) in [6, 6.07) is 0.375. The third-order valence-electron chi connectivity index (χ3n) is 6.57. The second-order valence-electron chi connectivity index (χ2n) is 8.15. The van der Waals surface area contributed by atoms with E-state index in [4.69, 9.17) is 5.11 Å². The highest BCUT2D eigenvalue weighted by Gasteiger charge is 2.45. The van der Waals surface area contributed by atoms with Crippen LogP contribution in [0.1, 0.15) is 38.5 Å². The van der Waals surface area contributed by atoms with E-state index in [1.807, 2.05) is 9.80 Å². The zero-order valence-electron chi connectivity index (χ0n) is 14.6. The Morgan fingerprint density at radius 1 is 1.00 bits per heavy atom. The minimum atomic E-state index is -0.748. The van der Waals surface area contributed by atoms with Gasteiger partial charge in [-0.2, -0.15) is 0 Å². The number of aliphatic carboxylic acids is 1. The van der Waals surface area contributed by atoms with Crippen molar-refractivity contribution in [2.45, 2.75) is 44.6 Å². The molecule has 0 aromatic heterocycles. The summed E-state index contributed by atoms with van der Waals surface area (Å²) in [5.41, 5.74) is 0. The van der Waals surface area contributed by atoms with E-state index in [0.29, 0.717) is 56.1 Å². The van der Waals surface area contributed by atoms with Gasteiger partial charge in [0.15, 0.2) is 0 Å². The number of fused-ring (bicyclic) bond motifs is 4. The molecular weight excluding hydrogens is 322 g/mol. The minimum Gasteiger partial charge on any atom is -0.481 e. The normalized spacial score (nSPS) is 33.2. The van der Waals surface area contributed by atoms with E-state index in [1.165, 1.54) is 0 Å². The number of carbonyl (C=O) groups excluding carboxylic acids is 2. The molecule has 3 amide bonds. The summed E-state index contributed by atoms with van der Waals surface area (Å²) in [4.78, 5) is 42.1. The first-order valence-electron chi connectivity index (χ1n) is 9.59. The van der Waals surface area contributed by atoms with Crippen LogP contribution in [0.4, 0.5) is 4.79 Å². The van der Waals surface area contributed by atoms with Crippen LogP contribution in [0.5, 0.6) is 0 Å². The third-order valence-corrected chi connectivity index (χ3v) is 6.57. The van der Waals surface area contributed by atoms with Gasteiger partial charge in [-0.25, -0.2) is 4.79 Å². The predicted molar refractivity (Wildman–Crippen MR) is 89.9 cm³/mol. The van der Waals surface area contributed by atoms with Gasteiger partial charge in [0, 0.05) is 45.2 Å². The van der Waals surface area contributed by atoms with E-state index in [0.717, 1.165) is 38.9 Å². The summed E-state index contributed by atoms with van der Waals surface area (Å²) in [6.07, 6.45) is 4.93. The molecule has 2 bridgehead atoms. The first kappa shape index (κ1) is 16.7. The number of likely N-dealkylation sites (tertiary alicyclic amines) is 2. The predicted octanol–water partition coefficient (Wildman–Crippen LogP) is 1.24. The summed E-state index contributed by atoms with van der Waals surface area (Å²) in [5.74, 6) is 0.0181. The second kappa shape index (κ2) is 6.50. The Labute approximate surface area is 147 Å². The molecule has 0 aromatic carbocycles. The molecule has 4 saturated heterocycles. The van der Waals surface area contributed by atoms with Gasteiger partial charge in [-0.1, -0.05) is 0 Å². The van der Waals surface area contributed by atoms with Gasteiger partial charge in [0.05, 0.1) is 5.92 Å². The molecule has 0 aliphatic carbocycles. The smallest absolute Gasteiger partial charge is 0.320 e. The SMILES string of the molecule is O=C(O)C1CCN(C(=O)N2C[C@H]3C[C@H](C2)[C@H]2CCCC(=O)N2C3)CC1. The van der Waals surface area contributed by atoms with E-state index < -0.39 is 5.97 Å². The number of amides is 3. The van der Waals surface area contributed by atoms with E-state index in [9.17, 15) is 14.4 Å². The highest BCUT2D eigenvalue weighted by atomic mass is 16.4. The van der Waals surface area contributed by atoms with Gasteiger partial charge in [-0.3, -0.25) is 9.59 Å². The Morgan fingerprint density at radius 3 is 2.48 bits per heavy atom. The van der Waals surface area contributed by atoms with Crippen LogP contribution in [-0.4, -0.2) is 76.5 Å². The zero-order valence-corrected chi connectivity index (χ0v) is 14.6. The van der Waals surface area contributed by atoms with E-state index in [1.54, 1.807) is 0 Å². The Kier molecular flexibility index (Phi) is 4.33. The Balaban J connectivity index is 1.39. The maximum Gasteiger partial charge on any atom is 0.320 e. The van der Waals surface area contributed by atoms with Gasteiger partial charge in [0.25, 0.3) is 0 Å². The average molecular weight is 349 g/mol. The standard InChI is InChI=1S/C18H27N3O4/c22-16-3-1-2-15-14-8-12(10-21(15)16)9-20(11-14)18(25)19-6-4-13(5-7-19)17(23)24/h12-15H,1-11H2,(H,23,24)/t12-,14-,15-/m1/s1. The first-order chi connectivity index (χ1) is 12.0. The van der Waals surface area contributed by atoms with Crippen molar-refractivity contribution in [1.29, 1.82) is 0 Å². The van der Waals surface area contributed by atoms with Gasteiger partial charge in [-0.05, 0) is 43.9 Å². The maximum atomic E-state index is 12.9. The number of rotatable bonds is 1. The summed E-state index contributed by atoms with van der Waals surface area (Å²) in [7, 11) is 0. The summed E-state index contributed by atoms with van der Waals surface area (Å²) in [5, 5.41) is 9.11. The number of carboxylic acid groups (broad SMARTS) is 1. The van der Waals surface area contributed by atoms with Crippen molar-refractivity contribution in [2.24, 2.45) is 17.8 Å². The third kappa shape index (κ3) is 3.09. The van der Waals surface area contributed by atoms with Gasteiger partial charge < -0.3 is 19.8 Å². The topological polar surface area (TPSA) is 81.2 Å². The van der Waals surface area contributed by atoms with Crippen LogP contribution in [0, 0.1) is 17.8 Å². The molecule has 3 atom stereocenters. The van der Waals surface area contributed by atoms with Crippen LogP contribution in [0.15, 0.2) is 0 Å². The fraction of sp³-hybridized carbons (Fsp3) is 0.833. The van der Waals surface area contributed by atoms with E-state index in [-0.39, 0.29) is 11.9 Å². The van der Waals surface area contributed by atoms with Crippen molar-refractivity contribution in [2.75, 3.05) is 32.7 Å². The molecule has 4 aliphatic rings. The fourth-order valence-corrected chi connectivity index (χ4v) is 5.28. The molecule has 0 unspecified atom stereocenters. The van der Waals surface area contributed by atoms with Crippen molar-refractivity contribution in [3.8, 4) is 0 Å². The maximum absolute atomic E-state index is 12.9. The van der Waals surface area contributed by atoms with Gasteiger partial charge in [-0.15, -0.1) is 0 Å². The Morgan fingerprint density at radius 2 is 1.76 bits per heavy atom. The largest absolute Gasteiger partial charge is 0.481 e. The van der Waals surface area contributed by atoms with Crippen LogP contribution < -0.4 is 0 Å². The molecule has 0 aromatic rings. The molecule has 4 heterocycles. The molecule has 7 heteroatoms. The number of carboxylic acids is 1. The van der Waals surface area contributed by atoms with Crippen LogP contribution in [0.2, 0.25) is 0 Å². The first-order valence-corrected chi connectivity index (χ1v) is 9.59. The summed E-state index contributed by atoms with van der Waals surface area (Å²) in [6.45, 7) is 3.34. The highest BCUT2D eigenvalue weighted by Crippen LogP contribution is 2.38. The molecule has 138 valence electrons. The van der Waals surface area contributed by atoms with Crippen molar-refractivity contribution in [1.82, 2.24) is 14.7 Å². The lowest BCUT2D eigenvalue weighted by Crippen LogP contribution is -2.62. The van der Waals surface area contributed by atoms with Gasteiger partial charge in [0.2, 0.25) is 5.91 Å². The molecule has 1 N–H and O–H groups in total. The summed E-state index contributed by atoms with van der Waals surface area (Å²) >= 11 is 0. The fourth-order valence-electron chi connectivity index (χ4n) is 5.28. The molecule has 0 radical (unpaired) electrons. The number of urea groups is 1. The van der Waals surface area contributed by atoms with Crippen LogP contribution in [0.3, 0.4) is 0 Å². The van der Waals surface area contributed by atoms with E-state index >= 15 is 0 Å². The van der Waals surface area contributed by atoms with Crippen molar-refractivity contribution < 1.29 is 19.5 Å². The van der Waals surface area contributed by atoms with E-state index in [2.05, 4.69) is 4.90 Å². The molecule has 4 aliphatic heterocycles. The van der Waals surface area contributed by atoms with Crippen LogP contribution >= 0.6 is 0 Å². The molecular formula is C18H27N3O4. The van der Waals surface area contributed by atoms with Crippen LogP contribution in [0.25, 0.3) is 0 Å². The molecule has 25 heavy (non-hydrogen) atoms. The molecule has 7 nitrogen and oxygen atoms in total. The Bertz CT molecular complexity index is 573. The quantitative estimate of drug-likeness (QED) is 0.772. The lowest BCUT2D eigenvalue weighted by atomic mass is 9.76. The monoisotopic (exact) mass is 349 g/mol. The second-order valence-corrected chi connectivity index (χ2v) is 8.15. The molecule has 0 spiro atoms. The lowest BCUT2D eigenvalue weighted by molar-refractivity contribution is -0.145. The number of carbonyl (C=O) groups is 3. The lowest BCUT2D eigenvalue weighted by Gasteiger charge is -2.52. The highest BCUT2D eigenvalue weighted by molar-refractivity contribution is 5.78. The van der Waals surface area contributed by atoms with Gasteiger partial charge in [0.1, 0.15) is 0 Å². The number of nitrogens with zero attached hydrogens (tertiary/aromatic N) is 3.